The molecular formula is C18H23N3O2S. The molecule has 1 amide bonds. The smallest absolute Gasteiger partial charge is 0.229 e. The minimum absolute atomic E-state index is 0.0894. The number of benzene rings is 1. The van der Waals surface area contributed by atoms with Crippen molar-refractivity contribution in [2.45, 2.75) is 51.4 Å². The number of rotatable bonds is 6. The third-order valence-electron chi connectivity index (χ3n) is 4.26. The van der Waals surface area contributed by atoms with Gasteiger partial charge < -0.3 is 10.1 Å². The monoisotopic (exact) mass is 345 g/mol. The summed E-state index contributed by atoms with van der Waals surface area (Å²) >= 11 is 1.50. The Hall–Kier alpha value is -1.95. The van der Waals surface area contributed by atoms with Gasteiger partial charge in [-0.2, -0.15) is 0 Å². The largest absolute Gasteiger partial charge is 0.493 e. The highest BCUT2D eigenvalue weighted by molar-refractivity contribution is 7.15. The van der Waals surface area contributed by atoms with E-state index in [0.29, 0.717) is 24.1 Å². The highest BCUT2D eigenvalue weighted by atomic mass is 32.1. The average Bonchev–Trinajstić information content (AvgIpc) is 3.06. The van der Waals surface area contributed by atoms with Crippen LogP contribution in [0.4, 0.5) is 5.13 Å². The Labute approximate surface area is 146 Å². The van der Waals surface area contributed by atoms with Gasteiger partial charge in [0.1, 0.15) is 10.8 Å². The Bertz CT molecular complexity index is 663. The van der Waals surface area contributed by atoms with E-state index < -0.39 is 0 Å². The lowest BCUT2D eigenvalue weighted by Crippen LogP contribution is -2.15. The number of hydrogen-bond donors (Lipinski definition) is 1. The van der Waals surface area contributed by atoms with Crippen molar-refractivity contribution in [3.63, 3.8) is 0 Å². The molecule has 0 unspecified atom stereocenters. The van der Waals surface area contributed by atoms with Crippen LogP contribution in [-0.2, 0) is 4.79 Å². The predicted molar refractivity (Wildman–Crippen MR) is 95.7 cm³/mol. The number of hydrogen-bond acceptors (Lipinski definition) is 5. The van der Waals surface area contributed by atoms with Crippen LogP contribution in [-0.4, -0.2) is 22.7 Å². The number of aromatic nitrogens is 2. The van der Waals surface area contributed by atoms with Crippen molar-refractivity contribution in [2.24, 2.45) is 0 Å². The first-order valence-corrected chi connectivity index (χ1v) is 9.35. The summed E-state index contributed by atoms with van der Waals surface area (Å²) < 4.78 is 5.58. The molecule has 0 aliphatic heterocycles. The van der Waals surface area contributed by atoms with Gasteiger partial charge in [0.2, 0.25) is 11.0 Å². The highest BCUT2D eigenvalue weighted by Crippen LogP contribution is 2.35. The maximum atomic E-state index is 12.0. The number of nitrogens with one attached hydrogen (secondary N) is 1. The van der Waals surface area contributed by atoms with Crippen LogP contribution in [0.5, 0.6) is 5.75 Å². The molecule has 5 nitrogen and oxygen atoms in total. The molecule has 2 aromatic rings. The van der Waals surface area contributed by atoms with E-state index in [1.54, 1.807) is 0 Å². The molecule has 0 atom stereocenters. The molecule has 1 heterocycles. The molecule has 1 N–H and O–H groups in total. The first kappa shape index (κ1) is 16.9. The molecule has 0 saturated heterocycles. The number of carbonyl (C=O) groups excluding carboxylic acids is 1. The Balaban J connectivity index is 1.43. The van der Waals surface area contributed by atoms with Crippen molar-refractivity contribution in [2.75, 3.05) is 11.9 Å². The molecule has 6 heteroatoms. The van der Waals surface area contributed by atoms with Gasteiger partial charge in [0.05, 0.1) is 13.0 Å². The zero-order valence-electron chi connectivity index (χ0n) is 14.0. The molecule has 1 fully saturated rings. The van der Waals surface area contributed by atoms with E-state index in [1.807, 2.05) is 31.2 Å². The summed E-state index contributed by atoms with van der Waals surface area (Å²) in [4.78, 5) is 12.0. The van der Waals surface area contributed by atoms with Gasteiger partial charge >= 0.3 is 0 Å². The van der Waals surface area contributed by atoms with Crippen molar-refractivity contribution in [1.82, 2.24) is 10.2 Å². The Morgan fingerprint density at radius 3 is 2.71 bits per heavy atom. The van der Waals surface area contributed by atoms with E-state index in [0.717, 1.165) is 10.8 Å². The number of amides is 1. The van der Waals surface area contributed by atoms with Gasteiger partial charge in [-0.05, 0) is 31.9 Å². The Morgan fingerprint density at radius 1 is 1.21 bits per heavy atom. The standard InChI is InChI=1S/C18H23N3O2S/c1-13-7-9-15(10-8-13)23-12-11-16(22)19-18-21-20-17(24-18)14-5-3-2-4-6-14/h7-10,14H,2-6,11-12H2,1H3,(H,19,21,22). The van der Waals surface area contributed by atoms with Gasteiger partial charge in [-0.25, -0.2) is 0 Å². The van der Waals surface area contributed by atoms with Crippen LogP contribution in [0.3, 0.4) is 0 Å². The van der Waals surface area contributed by atoms with E-state index in [1.165, 1.54) is 49.0 Å². The highest BCUT2D eigenvalue weighted by Gasteiger charge is 2.20. The summed E-state index contributed by atoms with van der Waals surface area (Å²) in [5, 5.41) is 12.8. The summed E-state index contributed by atoms with van der Waals surface area (Å²) in [6, 6.07) is 7.80. The van der Waals surface area contributed by atoms with Gasteiger partial charge in [-0.1, -0.05) is 48.3 Å². The van der Waals surface area contributed by atoms with Gasteiger partial charge in [0.15, 0.2) is 0 Å². The van der Waals surface area contributed by atoms with Gasteiger partial charge in [-0.15, -0.1) is 10.2 Å². The topological polar surface area (TPSA) is 64.1 Å². The maximum Gasteiger partial charge on any atom is 0.229 e. The Morgan fingerprint density at radius 2 is 1.96 bits per heavy atom. The van der Waals surface area contributed by atoms with Gasteiger partial charge in [0.25, 0.3) is 0 Å². The average molecular weight is 345 g/mol. The SMILES string of the molecule is Cc1ccc(OCCC(=O)Nc2nnc(C3CCCCC3)s2)cc1. The summed E-state index contributed by atoms with van der Waals surface area (Å²) in [5.41, 5.74) is 1.19. The van der Waals surface area contributed by atoms with Crippen molar-refractivity contribution < 1.29 is 9.53 Å². The van der Waals surface area contributed by atoms with Gasteiger partial charge in [-0.3, -0.25) is 4.79 Å². The second-order valence-electron chi connectivity index (χ2n) is 6.24. The second-order valence-corrected chi connectivity index (χ2v) is 7.25. The fourth-order valence-electron chi connectivity index (χ4n) is 2.88. The molecule has 3 rings (SSSR count). The number of anilines is 1. The first-order valence-electron chi connectivity index (χ1n) is 8.53. The molecule has 1 aromatic heterocycles. The normalized spacial score (nSPS) is 15.2. The summed E-state index contributed by atoms with van der Waals surface area (Å²) in [6.07, 6.45) is 6.52. The van der Waals surface area contributed by atoms with E-state index in [-0.39, 0.29) is 5.91 Å². The zero-order chi connectivity index (χ0) is 16.8. The third kappa shape index (κ3) is 4.77. The van der Waals surface area contributed by atoms with Crippen molar-refractivity contribution >= 4 is 22.4 Å². The molecule has 0 radical (unpaired) electrons. The molecular weight excluding hydrogens is 322 g/mol. The molecule has 1 saturated carbocycles. The van der Waals surface area contributed by atoms with Crippen molar-refractivity contribution in [3.05, 3.63) is 34.8 Å². The number of nitrogens with zero attached hydrogens (tertiary/aromatic N) is 2. The third-order valence-corrected chi connectivity index (χ3v) is 5.26. The molecule has 0 bridgehead atoms. The van der Waals surface area contributed by atoms with E-state index in [4.69, 9.17) is 4.74 Å². The summed E-state index contributed by atoms with van der Waals surface area (Å²) in [7, 11) is 0. The van der Waals surface area contributed by atoms with Crippen LogP contribution in [0.15, 0.2) is 24.3 Å². The van der Waals surface area contributed by atoms with E-state index in [9.17, 15) is 4.79 Å². The number of carbonyl (C=O) groups is 1. The van der Waals surface area contributed by atoms with Crippen molar-refractivity contribution in [3.8, 4) is 5.75 Å². The number of ether oxygens (including phenoxy) is 1. The molecule has 1 aliphatic carbocycles. The van der Waals surface area contributed by atoms with Crippen LogP contribution in [0.1, 0.15) is 55.0 Å². The first-order chi connectivity index (χ1) is 11.7. The lowest BCUT2D eigenvalue weighted by atomic mass is 9.90. The molecule has 1 aliphatic rings. The molecule has 1 aromatic carbocycles. The fraction of sp³-hybridized carbons (Fsp3) is 0.500. The minimum Gasteiger partial charge on any atom is -0.493 e. The van der Waals surface area contributed by atoms with Crippen LogP contribution in [0, 0.1) is 6.92 Å². The number of aryl methyl sites for hydroxylation is 1. The van der Waals surface area contributed by atoms with Gasteiger partial charge in [0, 0.05) is 5.92 Å². The van der Waals surface area contributed by atoms with Crippen LogP contribution >= 0.6 is 11.3 Å². The zero-order valence-corrected chi connectivity index (χ0v) is 14.8. The predicted octanol–water partition coefficient (Wildman–Crippen LogP) is 4.30. The summed E-state index contributed by atoms with van der Waals surface area (Å²) in [5.74, 6) is 1.21. The Kier molecular flexibility index (Phi) is 5.80. The lowest BCUT2D eigenvalue weighted by molar-refractivity contribution is -0.116. The van der Waals surface area contributed by atoms with Crippen LogP contribution < -0.4 is 10.1 Å². The fourth-order valence-corrected chi connectivity index (χ4v) is 3.81. The maximum absolute atomic E-state index is 12.0. The molecule has 128 valence electrons. The van der Waals surface area contributed by atoms with Crippen LogP contribution in [0.2, 0.25) is 0 Å². The van der Waals surface area contributed by atoms with E-state index in [2.05, 4.69) is 15.5 Å². The van der Waals surface area contributed by atoms with Crippen molar-refractivity contribution in [1.29, 1.82) is 0 Å². The molecule has 0 spiro atoms. The second kappa shape index (κ2) is 8.24. The molecule has 24 heavy (non-hydrogen) atoms. The van der Waals surface area contributed by atoms with Crippen LogP contribution in [0.25, 0.3) is 0 Å². The minimum atomic E-state index is -0.0894. The van der Waals surface area contributed by atoms with E-state index >= 15 is 0 Å². The quantitative estimate of drug-likeness (QED) is 0.848. The lowest BCUT2D eigenvalue weighted by Gasteiger charge is -2.18. The summed E-state index contributed by atoms with van der Waals surface area (Å²) in [6.45, 7) is 2.38.